The molecule has 3 nitrogen and oxygen atoms in total. The van der Waals surface area contributed by atoms with Gasteiger partial charge in [0.05, 0.1) is 10.5 Å². The van der Waals surface area contributed by atoms with E-state index in [-0.39, 0.29) is 27.3 Å². The van der Waals surface area contributed by atoms with Crippen LogP contribution in [-0.4, -0.2) is 9.97 Å². The van der Waals surface area contributed by atoms with Crippen LogP contribution in [-0.2, 0) is 6.42 Å². The number of hydrogen-bond donors (Lipinski definition) is 1. The van der Waals surface area contributed by atoms with Gasteiger partial charge in [0.15, 0.2) is 0 Å². The average molecular weight is 320 g/mol. The second kappa shape index (κ2) is 5.50. The first kappa shape index (κ1) is 14.7. The van der Waals surface area contributed by atoms with Crippen molar-refractivity contribution in [2.24, 2.45) is 0 Å². The van der Waals surface area contributed by atoms with Crippen molar-refractivity contribution >= 4 is 28.3 Å². The number of pyridine rings is 2. The van der Waals surface area contributed by atoms with Gasteiger partial charge in [0, 0.05) is 34.5 Å². The molecule has 2 heterocycles. The summed E-state index contributed by atoms with van der Waals surface area (Å²) in [6, 6.07) is 5.65. The van der Waals surface area contributed by atoms with Crippen LogP contribution in [0.15, 0.2) is 30.5 Å². The van der Waals surface area contributed by atoms with Crippen LogP contribution in [0, 0.1) is 11.6 Å². The Bertz CT molecular complexity index is 881. The van der Waals surface area contributed by atoms with Crippen LogP contribution in [0.25, 0.3) is 22.0 Å². The molecule has 0 radical (unpaired) electrons. The number of hydrogen-bond acceptors (Lipinski definition) is 3. The molecule has 0 aliphatic heterocycles. The summed E-state index contributed by atoms with van der Waals surface area (Å²) in [5.74, 6) is -1.27. The standard InChI is InChI=1S/C16H12ClF2N3/c1-2-9-3-4-10(16(20)22-9)14-13(19)6-12(18)11-5-8(17)7-21-15(11)14/h3-7H,2H2,1H3,(H2,20,22). The van der Waals surface area contributed by atoms with Gasteiger partial charge in [-0.25, -0.2) is 13.8 Å². The van der Waals surface area contributed by atoms with Crippen molar-refractivity contribution in [3.05, 3.63) is 52.8 Å². The summed E-state index contributed by atoms with van der Waals surface area (Å²) in [5.41, 5.74) is 7.40. The lowest BCUT2D eigenvalue weighted by molar-refractivity contribution is 0.594. The highest BCUT2D eigenvalue weighted by atomic mass is 35.5. The molecule has 0 spiro atoms. The summed E-state index contributed by atoms with van der Waals surface area (Å²) in [4.78, 5) is 8.29. The summed E-state index contributed by atoms with van der Waals surface area (Å²) >= 11 is 5.84. The minimum atomic E-state index is -0.738. The Hall–Kier alpha value is -2.27. The van der Waals surface area contributed by atoms with Crippen molar-refractivity contribution in [3.63, 3.8) is 0 Å². The number of anilines is 1. The molecule has 3 aromatic rings. The van der Waals surface area contributed by atoms with E-state index in [0.717, 1.165) is 11.8 Å². The van der Waals surface area contributed by atoms with Gasteiger partial charge in [0.25, 0.3) is 0 Å². The molecule has 2 N–H and O–H groups in total. The highest BCUT2D eigenvalue weighted by Gasteiger charge is 2.18. The maximum atomic E-state index is 14.3. The molecule has 0 unspecified atom stereocenters. The summed E-state index contributed by atoms with van der Waals surface area (Å²) in [6.45, 7) is 1.94. The molecule has 3 rings (SSSR count). The van der Waals surface area contributed by atoms with Gasteiger partial charge in [-0.2, -0.15) is 0 Å². The van der Waals surface area contributed by atoms with E-state index in [1.54, 1.807) is 12.1 Å². The number of aromatic nitrogens is 2. The van der Waals surface area contributed by atoms with Crippen LogP contribution >= 0.6 is 11.6 Å². The first-order chi connectivity index (χ1) is 10.5. The van der Waals surface area contributed by atoms with E-state index in [4.69, 9.17) is 17.3 Å². The predicted octanol–water partition coefficient (Wildman–Crippen LogP) is 4.37. The Morgan fingerprint density at radius 2 is 1.95 bits per heavy atom. The van der Waals surface area contributed by atoms with Gasteiger partial charge in [-0.3, -0.25) is 4.98 Å². The molecule has 0 fully saturated rings. The number of fused-ring (bicyclic) bond motifs is 1. The van der Waals surface area contributed by atoms with Crippen LogP contribution in [0.1, 0.15) is 12.6 Å². The number of aryl methyl sites for hydroxylation is 1. The largest absolute Gasteiger partial charge is 0.383 e. The van der Waals surface area contributed by atoms with E-state index in [1.807, 2.05) is 6.92 Å². The zero-order chi connectivity index (χ0) is 15.9. The van der Waals surface area contributed by atoms with Gasteiger partial charge in [-0.15, -0.1) is 0 Å². The number of nitrogens with zero attached hydrogens (tertiary/aromatic N) is 2. The zero-order valence-corrected chi connectivity index (χ0v) is 12.5. The fraction of sp³-hybridized carbons (Fsp3) is 0.125. The summed E-state index contributed by atoms with van der Waals surface area (Å²) in [6.07, 6.45) is 2.06. The van der Waals surface area contributed by atoms with E-state index < -0.39 is 11.6 Å². The molecule has 112 valence electrons. The predicted molar refractivity (Wildman–Crippen MR) is 83.7 cm³/mol. The van der Waals surface area contributed by atoms with Gasteiger partial charge < -0.3 is 5.73 Å². The average Bonchev–Trinajstić information content (AvgIpc) is 2.49. The molecule has 0 atom stereocenters. The maximum absolute atomic E-state index is 14.3. The van der Waals surface area contributed by atoms with Crippen molar-refractivity contribution in [2.75, 3.05) is 5.73 Å². The smallest absolute Gasteiger partial charge is 0.136 e. The number of nitrogens with two attached hydrogens (primary N) is 1. The summed E-state index contributed by atoms with van der Waals surface area (Å²) in [7, 11) is 0. The van der Waals surface area contributed by atoms with Gasteiger partial charge in [-0.1, -0.05) is 18.5 Å². The zero-order valence-electron chi connectivity index (χ0n) is 11.7. The highest BCUT2D eigenvalue weighted by molar-refractivity contribution is 6.31. The summed E-state index contributed by atoms with van der Waals surface area (Å²) < 4.78 is 28.3. The Balaban J connectivity index is 2.36. The molecule has 1 aromatic carbocycles. The first-order valence-corrected chi connectivity index (χ1v) is 7.08. The third-order valence-electron chi connectivity index (χ3n) is 3.45. The molecular formula is C16H12ClF2N3. The normalized spacial score (nSPS) is 11.1. The quantitative estimate of drug-likeness (QED) is 0.763. The van der Waals surface area contributed by atoms with Crippen molar-refractivity contribution in [1.29, 1.82) is 0 Å². The third kappa shape index (κ3) is 2.37. The molecule has 0 bridgehead atoms. The number of rotatable bonds is 2. The Labute approximate surface area is 130 Å². The van der Waals surface area contributed by atoms with E-state index in [0.29, 0.717) is 12.0 Å². The second-order valence-corrected chi connectivity index (χ2v) is 5.29. The molecule has 0 saturated carbocycles. The fourth-order valence-electron chi connectivity index (χ4n) is 2.38. The molecule has 0 saturated heterocycles. The molecule has 22 heavy (non-hydrogen) atoms. The lowest BCUT2D eigenvalue weighted by atomic mass is 10.0. The molecule has 0 amide bonds. The van der Waals surface area contributed by atoms with Crippen LogP contribution in [0.3, 0.4) is 0 Å². The SMILES string of the molecule is CCc1ccc(-c2c(F)cc(F)c3cc(Cl)cnc23)c(N)n1. The molecule has 0 aliphatic carbocycles. The lowest BCUT2D eigenvalue weighted by Crippen LogP contribution is -2.01. The van der Waals surface area contributed by atoms with Crippen molar-refractivity contribution in [3.8, 4) is 11.1 Å². The monoisotopic (exact) mass is 319 g/mol. The number of nitrogen functional groups attached to an aromatic ring is 1. The van der Waals surface area contributed by atoms with E-state index in [9.17, 15) is 8.78 Å². The van der Waals surface area contributed by atoms with E-state index in [1.165, 1.54) is 12.3 Å². The van der Waals surface area contributed by atoms with Crippen molar-refractivity contribution < 1.29 is 8.78 Å². The van der Waals surface area contributed by atoms with Gasteiger partial charge in [-0.05, 0) is 24.6 Å². The van der Waals surface area contributed by atoms with E-state index >= 15 is 0 Å². The van der Waals surface area contributed by atoms with Crippen LogP contribution in [0.2, 0.25) is 5.02 Å². The van der Waals surface area contributed by atoms with Crippen LogP contribution in [0.4, 0.5) is 14.6 Å². The Morgan fingerprint density at radius 3 is 2.64 bits per heavy atom. The molecule has 0 aliphatic rings. The first-order valence-electron chi connectivity index (χ1n) is 6.70. The highest BCUT2D eigenvalue weighted by Crippen LogP contribution is 2.35. The van der Waals surface area contributed by atoms with Crippen LogP contribution in [0.5, 0.6) is 0 Å². The lowest BCUT2D eigenvalue weighted by Gasteiger charge is -2.11. The van der Waals surface area contributed by atoms with Gasteiger partial charge >= 0.3 is 0 Å². The van der Waals surface area contributed by atoms with Gasteiger partial charge in [0.1, 0.15) is 17.5 Å². The second-order valence-electron chi connectivity index (χ2n) is 4.85. The molecule has 2 aromatic heterocycles. The minimum Gasteiger partial charge on any atom is -0.383 e. The van der Waals surface area contributed by atoms with Crippen LogP contribution < -0.4 is 5.73 Å². The van der Waals surface area contributed by atoms with Gasteiger partial charge in [0.2, 0.25) is 0 Å². The Kier molecular flexibility index (Phi) is 3.66. The van der Waals surface area contributed by atoms with Crippen molar-refractivity contribution in [2.45, 2.75) is 13.3 Å². The molecule has 6 heteroatoms. The summed E-state index contributed by atoms with van der Waals surface area (Å²) in [5, 5.41) is 0.416. The Morgan fingerprint density at radius 1 is 1.18 bits per heavy atom. The fourth-order valence-corrected chi connectivity index (χ4v) is 2.53. The topological polar surface area (TPSA) is 51.8 Å². The maximum Gasteiger partial charge on any atom is 0.136 e. The number of halogens is 3. The van der Waals surface area contributed by atoms with E-state index in [2.05, 4.69) is 9.97 Å². The van der Waals surface area contributed by atoms with Crippen molar-refractivity contribution in [1.82, 2.24) is 9.97 Å². The minimum absolute atomic E-state index is 0.126. The molecular weight excluding hydrogens is 308 g/mol. The third-order valence-corrected chi connectivity index (χ3v) is 3.66. The number of benzene rings is 1.